The molecule has 1 aromatic heterocycles. The SMILES string of the molecule is O=C(Nc1cc(C(=O)N(CCO)Cc2ccccc2)nn1-c1ccccc1)C1CC1. The molecule has 2 N–H and O–H groups in total. The van der Waals surface area contributed by atoms with Crippen LogP contribution in [0.15, 0.2) is 66.7 Å². The zero-order chi connectivity index (χ0) is 20.9. The van der Waals surface area contributed by atoms with Crippen molar-refractivity contribution in [2.45, 2.75) is 19.4 Å². The summed E-state index contributed by atoms with van der Waals surface area (Å²) in [6.07, 6.45) is 1.77. The molecule has 2 amide bonds. The average molecular weight is 404 g/mol. The van der Waals surface area contributed by atoms with Crippen LogP contribution in [0, 0.1) is 5.92 Å². The summed E-state index contributed by atoms with van der Waals surface area (Å²) >= 11 is 0. The molecule has 0 spiro atoms. The van der Waals surface area contributed by atoms with Crippen LogP contribution in [0.5, 0.6) is 0 Å². The van der Waals surface area contributed by atoms with Gasteiger partial charge in [-0.2, -0.15) is 5.10 Å². The van der Waals surface area contributed by atoms with Crippen molar-refractivity contribution in [2.75, 3.05) is 18.5 Å². The fourth-order valence-corrected chi connectivity index (χ4v) is 3.25. The predicted molar refractivity (Wildman–Crippen MR) is 113 cm³/mol. The van der Waals surface area contributed by atoms with Crippen LogP contribution in [-0.2, 0) is 11.3 Å². The molecular formula is C23H24N4O3. The smallest absolute Gasteiger partial charge is 0.274 e. The third-order valence-corrected chi connectivity index (χ3v) is 5.00. The van der Waals surface area contributed by atoms with Gasteiger partial charge in [0.15, 0.2) is 5.69 Å². The van der Waals surface area contributed by atoms with Gasteiger partial charge in [-0.3, -0.25) is 9.59 Å². The first kappa shape index (κ1) is 19.8. The van der Waals surface area contributed by atoms with E-state index in [-0.39, 0.29) is 36.6 Å². The minimum Gasteiger partial charge on any atom is -0.395 e. The van der Waals surface area contributed by atoms with E-state index in [0.717, 1.165) is 24.1 Å². The van der Waals surface area contributed by atoms with Crippen LogP contribution in [0.25, 0.3) is 5.69 Å². The lowest BCUT2D eigenvalue weighted by molar-refractivity contribution is -0.117. The van der Waals surface area contributed by atoms with Crippen LogP contribution in [-0.4, -0.2) is 44.8 Å². The predicted octanol–water partition coefficient (Wildman–Crippen LogP) is 2.86. The van der Waals surface area contributed by atoms with E-state index < -0.39 is 0 Å². The summed E-state index contributed by atoms with van der Waals surface area (Å²) in [7, 11) is 0. The van der Waals surface area contributed by atoms with Crippen molar-refractivity contribution in [3.8, 4) is 5.69 Å². The van der Waals surface area contributed by atoms with Gasteiger partial charge in [-0.15, -0.1) is 0 Å². The number of nitrogens with one attached hydrogen (secondary N) is 1. The molecule has 1 aliphatic carbocycles. The third kappa shape index (κ3) is 4.58. The highest BCUT2D eigenvalue weighted by Crippen LogP contribution is 2.30. The Bertz CT molecular complexity index is 1010. The lowest BCUT2D eigenvalue weighted by Gasteiger charge is -2.20. The highest BCUT2D eigenvalue weighted by atomic mass is 16.3. The number of anilines is 1. The molecule has 0 bridgehead atoms. The van der Waals surface area contributed by atoms with E-state index >= 15 is 0 Å². The quantitative estimate of drug-likeness (QED) is 0.604. The van der Waals surface area contributed by atoms with Gasteiger partial charge in [0, 0.05) is 25.1 Å². The molecule has 30 heavy (non-hydrogen) atoms. The Balaban J connectivity index is 1.63. The number of amides is 2. The first-order valence-electron chi connectivity index (χ1n) is 10.1. The van der Waals surface area contributed by atoms with Crippen molar-refractivity contribution in [3.63, 3.8) is 0 Å². The number of para-hydroxylation sites is 1. The lowest BCUT2D eigenvalue weighted by Crippen LogP contribution is -2.33. The number of carbonyl (C=O) groups excluding carboxylic acids is 2. The number of hydrogen-bond donors (Lipinski definition) is 2. The van der Waals surface area contributed by atoms with E-state index in [0.29, 0.717) is 12.4 Å². The molecule has 7 heteroatoms. The van der Waals surface area contributed by atoms with Gasteiger partial charge < -0.3 is 15.3 Å². The van der Waals surface area contributed by atoms with Crippen molar-refractivity contribution < 1.29 is 14.7 Å². The molecule has 7 nitrogen and oxygen atoms in total. The molecule has 0 aliphatic heterocycles. The Labute approximate surface area is 174 Å². The maximum Gasteiger partial charge on any atom is 0.274 e. The zero-order valence-electron chi connectivity index (χ0n) is 16.6. The second-order valence-electron chi connectivity index (χ2n) is 7.36. The standard InChI is InChI=1S/C23H24N4O3/c28-14-13-26(16-17-7-3-1-4-8-17)23(30)20-15-21(24-22(29)18-11-12-18)27(25-20)19-9-5-2-6-10-19/h1-10,15,18,28H,11-14,16H2,(H,24,29). The van der Waals surface area contributed by atoms with Crippen LogP contribution >= 0.6 is 0 Å². The van der Waals surface area contributed by atoms with Gasteiger partial charge >= 0.3 is 0 Å². The van der Waals surface area contributed by atoms with Crippen molar-refractivity contribution in [1.82, 2.24) is 14.7 Å². The summed E-state index contributed by atoms with van der Waals surface area (Å²) in [5, 5.41) is 16.9. The van der Waals surface area contributed by atoms with Gasteiger partial charge in [-0.1, -0.05) is 48.5 Å². The Kier molecular flexibility index (Phi) is 5.90. The molecule has 0 saturated heterocycles. The van der Waals surface area contributed by atoms with E-state index in [4.69, 9.17) is 0 Å². The number of aliphatic hydroxyl groups excluding tert-OH is 1. The fraction of sp³-hybridized carbons (Fsp3) is 0.261. The molecule has 1 aliphatic rings. The fourth-order valence-electron chi connectivity index (χ4n) is 3.25. The summed E-state index contributed by atoms with van der Waals surface area (Å²) in [5.74, 6) is 0.143. The number of aromatic nitrogens is 2. The van der Waals surface area contributed by atoms with Crippen molar-refractivity contribution in [3.05, 3.63) is 78.0 Å². The number of hydrogen-bond acceptors (Lipinski definition) is 4. The second-order valence-corrected chi connectivity index (χ2v) is 7.36. The maximum atomic E-state index is 13.2. The third-order valence-electron chi connectivity index (χ3n) is 5.00. The van der Waals surface area contributed by atoms with Crippen LogP contribution in [0.2, 0.25) is 0 Å². The largest absolute Gasteiger partial charge is 0.395 e. The number of nitrogens with zero attached hydrogens (tertiary/aromatic N) is 3. The molecule has 4 rings (SSSR count). The molecule has 2 aromatic carbocycles. The average Bonchev–Trinajstić information content (AvgIpc) is 3.55. The molecule has 1 fully saturated rings. The molecule has 3 aromatic rings. The monoisotopic (exact) mass is 404 g/mol. The first-order valence-corrected chi connectivity index (χ1v) is 10.1. The lowest BCUT2D eigenvalue weighted by atomic mass is 10.2. The van der Waals surface area contributed by atoms with Crippen LogP contribution < -0.4 is 5.32 Å². The summed E-state index contributed by atoms with van der Waals surface area (Å²) < 4.78 is 1.58. The molecule has 1 heterocycles. The number of aliphatic hydroxyl groups is 1. The van der Waals surface area contributed by atoms with Crippen molar-refractivity contribution >= 4 is 17.6 Å². The van der Waals surface area contributed by atoms with E-state index in [2.05, 4.69) is 10.4 Å². The zero-order valence-corrected chi connectivity index (χ0v) is 16.6. The summed E-state index contributed by atoms with van der Waals surface area (Å²) in [4.78, 5) is 27.1. The van der Waals surface area contributed by atoms with Gasteiger partial charge in [0.05, 0.1) is 12.3 Å². The van der Waals surface area contributed by atoms with Crippen LogP contribution in [0.3, 0.4) is 0 Å². The molecule has 0 atom stereocenters. The Morgan fingerprint density at radius 2 is 1.73 bits per heavy atom. The van der Waals surface area contributed by atoms with Gasteiger partial charge in [0.25, 0.3) is 5.91 Å². The summed E-state index contributed by atoms with van der Waals surface area (Å²) in [6.45, 7) is 0.404. The minimum atomic E-state index is -0.301. The van der Waals surface area contributed by atoms with E-state index in [1.54, 1.807) is 15.6 Å². The number of benzene rings is 2. The maximum absolute atomic E-state index is 13.2. The van der Waals surface area contributed by atoms with Gasteiger partial charge in [0.2, 0.25) is 5.91 Å². The molecule has 0 unspecified atom stereocenters. The van der Waals surface area contributed by atoms with Crippen LogP contribution in [0.4, 0.5) is 5.82 Å². The summed E-state index contributed by atoms with van der Waals surface area (Å²) in [5.41, 5.74) is 1.93. The van der Waals surface area contributed by atoms with Gasteiger partial charge in [0.1, 0.15) is 5.82 Å². The number of carbonyl (C=O) groups is 2. The van der Waals surface area contributed by atoms with Gasteiger partial charge in [-0.05, 0) is 30.5 Å². The van der Waals surface area contributed by atoms with E-state index in [1.807, 2.05) is 60.7 Å². The Morgan fingerprint density at radius 1 is 1.07 bits per heavy atom. The van der Waals surface area contributed by atoms with Crippen LogP contribution in [0.1, 0.15) is 28.9 Å². The first-order chi connectivity index (χ1) is 14.7. The summed E-state index contributed by atoms with van der Waals surface area (Å²) in [6, 6.07) is 20.6. The molecule has 154 valence electrons. The van der Waals surface area contributed by atoms with E-state index in [1.165, 1.54) is 0 Å². The topological polar surface area (TPSA) is 87.5 Å². The normalized spacial score (nSPS) is 13.1. The minimum absolute atomic E-state index is 0.0345. The van der Waals surface area contributed by atoms with Crippen molar-refractivity contribution in [1.29, 1.82) is 0 Å². The second kappa shape index (κ2) is 8.92. The van der Waals surface area contributed by atoms with Gasteiger partial charge in [-0.25, -0.2) is 4.68 Å². The Hall–Kier alpha value is -3.45. The molecule has 0 radical (unpaired) electrons. The number of rotatable bonds is 8. The Morgan fingerprint density at radius 3 is 2.37 bits per heavy atom. The van der Waals surface area contributed by atoms with E-state index in [9.17, 15) is 14.7 Å². The van der Waals surface area contributed by atoms with Crippen molar-refractivity contribution in [2.24, 2.45) is 5.92 Å². The highest BCUT2D eigenvalue weighted by Gasteiger charge is 2.31. The molecular weight excluding hydrogens is 380 g/mol. The highest BCUT2D eigenvalue weighted by molar-refractivity contribution is 5.97. The molecule has 1 saturated carbocycles.